The molecular weight excluding hydrogens is 272 g/mol. The van der Waals surface area contributed by atoms with E-state index in [4.69, 9.17) is 10.5 Å². The maximum absolute atomic E-state index is 5.81. The molecule has 2 aromatic heterocycles. The molecule has 1 unspecified atom stereocenters. The molecule has 5 nitrogen and oxygen atoms in total. The van der Waals surface area contributed by atoms with Crippen molar-refractivity contribution in [3.63, 3.8) is 0 Å². The summed E-state index contributed by atoms with van der Waals surface area (Å²) in [6, 6.07) is 6.22. The van der Waals surface area contributed by atoms with Crippen molar-refractivity contribution >= 4 is 23.0 Å². The minimum atomic E-state index is 0.254. The lowest BCUT2D eigenvalue weighted by atomic mass is 10.1. The number of nitrogens with two attached hydrogens (primary N) is 1. The molecule has 3 N–H and O–H groups in total. The summed E-state index contributed by atoms with van der Waals surface area (Å²) >= 11 is 1.75. The van der Waals surface area contributed by atoms with Gasteiger partial charge in [-0.25, -0.2) is 9.97 Å². The third-order valence-electron chi connectivity index (χ3n) is 2.85. The van der Waals surface area contributed by atoms with E-state index in [0.717, 1.165) is 18.7 Å². The smallest absolute Gasteiger partial charge is 0.158 e. The van der Waals surface area contributed by atoms with Gasteiger partial charge in [-0.1, -0.05) is 19.4 Å². The molecule has 0 aliphatic carbocycles. The Morgan fingerprint density at radius 1 is 1.45 bits per heavy atom. The minimum Gasteiger partial charge on any atom is -0.384 e. The number of nitrogens with zero attached hydrogens (tertiary/aromatic N) is 2. The van der Waals surface area contributed by atoms with Gasteiger partial charge in [-0.15, -0.1) is 11.3 Å². The van der Waals surface area contributed by atoms with Crippen molar-refractivity contribution in [1.82, 2.24) is 9.97 Å². The molecule has 0 saturated carbocycles. The van der Waals surface area contributed by atoms with Gasteiger partial charge in [0.05, 0.1) is 6.04 Å². The molecule has 108 valence electrons. The van der Waals surface area contributed by atoms with Crippen LogP contribution in [0.3, 0.4) is 0 Å². The van der Waals surface area contributed by atoms with Gasteiger partial charge in [-0.3, -0.25) is 0 Å². The van der Waals surface area contributed by atoms with Crippen LogP contribution in [0, 0.1) is 0 Å². The van der Waals surface area contributed by atoms with Crippen LogP contribution in [0.4, 0.5) is 11.6 Å². The zero-order chi connectivity index (χ0) is 14.4. The first kappa shape index (κ1) is 14.7. The molecule has 0 amide bonds. The van der Waals surface area contributed by atoms with E-state index in [1.54, 1.807) is 24.5 Å². The van der Waals surface area contributed by atoms with Crippen LogP contribution >= 0.6 is 11.3 Å². The molecule has 2 heterocycles. The molecule has 20 heavy (non-hydrogen) atoms. The summed E-state index contributed by atoms with van der Waals surface area (Å²) in [6.45, 7) is 2.53. The van der Waals surface area contributed by atoms with E-state index in [2.05, 4.69) is 39.7 Å². The third-order valence-corrected chi connectivity index (χ3v) is 3.84. The van der Waals surface area contributed by atoms with Gasteiger partial charge in [-0.2, -0.15) is 0 Å². The second kappa shape index (κ2) is 7.21. The fraction of sp³-hybridized carbons (Fsp3) is 0.429. The van der Waals surface area contributed by atoms with Gasteiger partial charge >= 0.3 is 0 Å². The zero-order valence-electron chi connectivity index (χ0n) is 11.8. The largest absolute Gasteiger partial charge is 0.384 e. The van der Waals surface area contributed by atoms with Crippen molar-refractivity contribution in [1.29, 1.82) is 0 Å². The highest BCUT2D eigenvalue weighted by molar-refractivity contribution is 7.10. The van der Waals surface area contributed by atoms with Gasteiger partial charge in [0.1, 0.15) is 18.2 Å². The first-order valence-electron chi connectivity index (χ1n) is 6.65. The van der Waals surface area contributed by atoms with Crippen LogP contribution in [-0.2, 0) is 11.3 Å². The Morgan fingerprint density at radius 3 is 2.95 bits per heavy atom. The standard InChI is InChI=1S/C14H20N4OS/c1-3-5-10(11-6-4-7-20-11)16-13-8-12(15)17-14(18-13)9-19-2/h4,6-8,10H,3,5,9H2,1-2H3,(H3,15,16,17,18). The Kier molecular flexibility index (Phi) is 5.31. The molecular formula is C14H20N4OS. The predicted molar refractivity (Wildman–Crippen MR) is 82.7 cm³/mol. The summed E-state index contributed by atoms with van der Waals surface area (Å²) < 4.78 is 5.06. The molecule has 0 aliphatic rings. The highest BCUT2D eigenvalue weighted by atomic mass is 32.1. The fourth-order valence-electron chi connectivity index (χ4n) is 2.03. The molecule has 1 atom stereocenters. The summed E-state index contributed by atoms with van der Waals surface area (Å²) in [4.78, 5) is 9.88. The van der Waals surface area contributed by atoms with E-state index in [0.29, 0.717) is 18.2 Å². The fourth-order valence-corrected chi connectivity index (χ4v) is 2.84. The lowest BCUT2D eigenvalue weighted by Crippen LogP contribution is -2.12. The number of rotatable bonds is 7. The van der Waals surface area contributed by atoms with Crippen LogP contribution in [0.5, 0.6) is 0 Å². The van der Waals surface area contributed by atoms with Crippen LogP contribution in [0.1, 0.15) is 36.5 Å². The summed E-state index contributed by atoms with van der Waals surface area (Å²) in [6.07, 6.45) is 2.14. The van der Waals surface area contributed by atoms with Crippen molar-refractivity contribution in [2.45, 2.75) is 32.4 Å². The van der Waals surface area contributed by atoms with Gasteiger partial charge in [-0.05, 0) is 17.9 Å². The molecule has 0 fully saturated rings. The SMILES string of the molecule is CCCC(Nc1cc(N)nc(COC)n1)c1cccs1. The molecule has 2 aromatic rings. The lowest BCUT2D eigenvalue weighted by Gasteiger charge is -2.18. The first-order valence-corrected chi connectivity index (χ1v) is 7.53. The number of ether oxygens (including phenoxy) is 1. The molecule has 0 spiro atoms. The summed E-state index contributed by atoms with van der Waals surface area (Å²) in [5.74, 6) is 1.80. The van der Waals surface area contributed by atoms with E-state index >= 15 is 0 Å². The van der Waals surface area contributed by atoms with E-state index < -0.39 is 0 Å². The highest BCUT2D eigenvalue weighted by Gasteiger charge is 2.13. The average molecular weight is 292 g/mol. The Morgan fingerprint density at radius 2 is 2.30 bits per heavy atom. The first-order chi connectivity index (χ1) is 9.72. The number of nitrogen functional groups attached to an aromatic ring is 1. The Hall–Kier alpha value is -1.66. The normalized spacial score (nSPS) is 12.3. The lowest BCUT2D eigenvalue weighted by molar-refractivity contribution is 0.178. The van der Waals surface area contributed by atoms with Crippen molar-refractivity contribution in [3.05, 3.63) is 34.3 Å². The summed E-state index contributed by atoms with van der Waals surface area (Å²) in [5.41, 5.74) is 5.81. The van der Waals surface area contributed by atoms with Crippen molar-refractivity contribution < 1.29 is 4.74 Å². The number of thiophene rings is 1. The highest BCUT2D eigenvalue weighted by Crippen LogP contribution is 2.27. The van der Waals surface area contributed by atoms with E-state index in [-0.39, 0.29) is 6.04 Å². The summed E-state index contributed by atoms with van der Waals surface area (Å²) in [5, 5.41) is 5.53. The molecule has 0 bridgehead atoms. The molecule has 0 radical (unpaired) electrons. The maximum Gasteiger partial charge on any atom is 0.158 e. The second-order valence-corrected chi connectivity index (χ2v) is 5.51. The molecule has 6 heteroatoms. The second-order valence-electron chi connectivity index (χ2n) is 4.53. The van der Waals surface area contributed by atoms with Crippen molar-refractivity contribution in [2.24, 2.45) is 0 Å². The number of methoxy groups -OCH3 is 1. The number of hydrogen-bond donors (Lipinski definition) is 2. The van der Waals surface area contributed by atoms with Crippen molar-refractivity contribution in [2.75, 3.05) is 18.2 Å². The topological polar surface area (TPSA) is 73.1 Å². The number of anilines is 2. The van der Waals surface area contributed by atoms with Gasteiger partial charge in [0, 0.05) is 18.1 Å². The Labute approximate surface area is 123 Å². The molecule has 0 saturated heterocycles. The van der Waals surface area contributed by atoms with E-state index in [1.807, 2.05) is 0 Å². The zero-order valence-corrected chi connectivity index (χ0v) is 12.6. The van der Waals surface area contributed by atoms with Crippen LogP contribution < -0.4 is 11.1 Å². The van der Waals surface area contributed by atoms with Gasteiger partial charge in [0.15, 0.2) is 5.82 Å². The minimum absolute atomic E-state index is 0.254. The maximum atomic E-state index is 5.81. The quantitative estimate of drug-likeness (QED) is 0.819. The summed E-state index contributed by atoms with van der Waals surface area (Å²) in [7, 11) is 1.62. The molecule has 2 rings (SSSR count). The molecule has 0 aliphatic heterocycles. The van der Waals surface area contributed by atoms with Gasteiger partial charge in [0.25, 0.3) is 0 Å². The number of nitrogens with one attached hydrogen (secondary N) is 1. The van der Waals surface area contributed by atoms with E-state index in [9.17, 15) is 0 Å². The average Bonchev–Trinajstić information content (AvgIpc) is 2.91. The number of aromatic nitrogens is 2. The van der Waals surface area contributed by atoms with Gasteiger partial charge in [0.2, 0.25) is 0 Å². The Balaban J connectivity index is 2.17. The van der Waals surface area contributed by atoms with Crippen molar-refractivity contribution in [3.8, 4) is 0 Å². The molecule has 0 aromatic carbocycles. The van der Waals surface area contributed by atoms with Gasteiger partial charge < -0.3 is 15.8 Å². The van der Waals surface area contributed by atoms with Crippen LogP contribution in [0.15, 0.2) is 23.6 Å². The monoisotopic (exact) mass is 292 g/mol. The van der Waals surface area contributed by atoms with Crippen LogP contribution in [-0.4, -0.2) is 17.1 Å². The predicted octanol–water partition coefficient (Wildman–Crippen LogP) is 3.22. The van der Waals surface area contributed by atoms with Crippen LogP contribution in [0.25, 0.3) is 0 Å². The Bertz CT molecular complexity index is 530. The van der Waals surface area contributed by atoms with Crippen LogP contribution in [0.2, 0.25) is 0 Å². The third kappa shape index (κ3) is 3.91. The van der Waals surface area contributed by atoms with E-state index in [1.165, 1.54) is 4.88 Å². The number of hydrogen-bond acceptors (Lipinski definition) is 6.